The zero-order valence-corrected chi connectivity index (χ0v) is 12.6. The SMILES string of the molecule is CCCNCc1cc(C)nc(N2CCC(CC)C2)c1. The van der Waals surface area contributed by atoms with Crippen LogP contribution in [0.2, 0.25) is 0 Å². The van der Waals surface area contributed by atoms with Crippen LogP contribution in [0.5, 0.6) is 0 Å². The standard InChI is InChI=1S/C16H27N3/c1-4-7-17-11-15-9-13(3)18-16(10-15)19-8-6-14(5-2)12-19/h9-10,14,17H,4-8,11-12H2,1-3H3. The molecule has 3 heteroatoms. The zero-order chi connectivity index (χ0) is 13.7. The molecule has 0 aromatic carbocycles. The van der Waals surface area contributed by atoms with Gasteiger partial charge in [0.25, 0.3) is 0 Å². The minimum absolute atomic E-state index is 0.851. The average Bonchev–Trinajstić information content (AvgIpc) is 2.87. The van der Waals surface area contributed by atoms with Gasteiger partial charge in [-0.25, -0.2) is 4.98 Å². The lowest BCUT2D eigenvalue weighted by Gasteiger charge is -2.19. The molecular weight excluding hydrogens is 234 g/mol. The first-order chi connectivity index (χ1) is 9.22. The fourth-order valence-electron chi connectivity index (χ4n) is 2.77. The number of pyridine rings is 1. The summed E-state index contributed by atoms with van der Waals surface area (Å²) < 4.78 is 0. The van der Waals surface area contributed by atoms with Crippen LogP contribution < -0.4 is 10.2 Å². The van der Waals surface area contributed by atoms with Gasteiger partial charge in [0.05, 0.1) is 0 Å². The highest BCUT2D eigenvalue weighted by molar-refractivity contribution is 5.43. The molecule has 0 spiro atoms. The largest absolute Gasteiger partial charge is 0.356 e. The molecule has 0 saturated carbocycles. The molecule has 0 bridgehead atoms. The van der Waals surface area contributed by atoms with Gasteiger partial charge in [-0.3, -0.25) is 0 Å². The van der Waals surface area contributed by atoms with E-state index in [2.05, 4.69) is 43.1 Å². The van der Waals surface area contributed by atoms with E-state index in [1.165, 1.54) is 37.2 Å². The van der Waals surface area contributed by atoms with E-state index in [0.29, 0.717) is 0 Å². The van der Waals surface area contributed by atoms with Crippen LogP contribution in [0, 0.1) is 12.8 Å². The summed E-state index contributed by atoms with van der Waals surface area (Å²) in [6.45, 7) is 11.0. The van der Waals surface area contributed by atoms with Gasteiger partial charge in [-0.2, -0.15) is 0 Å². The summed E-state index contributed by atoms with van der Waals surface area (Å²) in [5.74, 6) is 2.02. The Morgan fingerprint density at radius 2 is 2.21 bits per heavy atom. The van der Waals surface area contributed by atoms with Gasteiger partial charge in [-0.15, -0.1) is 0 Å². The molecule has 1 N–H and O–H groups in total. The van der Waals surface area contributed by atoms with Gasteiger partial charge in [-0.05, 0) is 49.9 Å². The van der Waals surface area contributed by atoms with Crippen molar-refractivity contribution in [3.05, 3.63) is 23.4 Å². The van der Waals surface area contributed by atoms with Crippen molar-refractivity contribution in [2.75, 3.05) is 24.5 Å². The third-order valence-electron chi connectivity index (χ3n) is 3.94. The van der Waals surface area contributed by atoms with Crippen molar-refractivity contribution in [2.24, 2.45) is 5.92 Å². The monoisotopic (exact) mass is 261 g/mol. The van der Waals surface area contributed by atoms with Crippen molar-refractivity contribution < 1.29 is 0 Å². The number of anilines is 1. The normalized spacial score (nSPS) is 19.1. The number of hydrogen-bond donors (Lipinski definition) is 1. The predicted molar refractivity (Wildman–Crippen MR) is 81.6 cm³/mol. The fourth-order valence-corrected chi connectivity index (χ4v) is 2.77. The molecule has 1 aliphatic heterocycles. The van der Waals surface area contributed by atoms with Gasteiger partial charge < -0.3 is 10.2 Å². The number of rotatable bonds is 6. The van der Waals surface area contributed by atoms with Gasteiger partial charge in [0, 0.05) is 25.3 Å². The molecule has 1 aliphatic rings. The van der Waals surface area contributed by atoms with E-state index in [-0.39, 0.29) is 0 Å². The summed E-state index contributed by atoms with van der Waals surface area (Å²) >= 11 is 0. The lowest BCUT2D eigenvalue weighted by Crippen LogP contribution is -2.22. The molecule has 2 rings (SSSR count). The molecule has 1 atom stereocenters. The van der Waals surface area contributed by atoms with Crippen LogP contribution in [0.1, 0.15) is 44.4 Å². The summed E-state index contributed by atoms with van der Waals surface area (Å²) in [6.07, 6.45) is 3.78. The van der Waals surface area contributed by atoms with E-state index in [4.69, 9.17) is 4.98 Å². The molecule has 106 valence electrons. The van der Waals surface area contributed by atoms with Crippen LogP contribution in [-0.2, 0) is 6.54 Å². The van der Waals surface area contributed by atoms with Gasteiger partial charge in [0.15, 0.2) is 0 Å². The Bertz CT molecular complexity index is 403. The number of aromatic nitrogens is 1. The summed E-state index contributed by atoms with van der Waals surface area (Å²) in [5, 5.41) is 3.47. The zero-order valence-electron chi connectivity index (χ0n) is 12.6. The number of nitrogens with one attached hydrogen (secondary N) is 1. The molecule has 2 heterocycles. The Morgan fingerprint density at radius 1 is 1.37 bits per heavy atom. The second kappa shape index (κ2) is 6.90. The van der Waals surface area contributed by atoms with Gasteiger partial charge in [0.1, 0.15) is 5.82 Å². The Balaban J connectivity index is 2.04. The van der Waals surface area contributed by atoms with Crippen molar-refractivity contribution in [3.63, 3.8) is 0 Å². The first-order valence-corrected chi connectivity index (χ1v) is 7.66. The van der Waals surface area contributed by atoms with Crippen molar-refractivity contribution in [3.8, 4) is 0 Å². The molecule has 0 radical (unpaired) electrons. The van der Waals surface area contributed by atoms with Crippen LogP contribution in [0.15, 0.2) is 12.1 Å². The Labute approximate surface area is 117 Å². The number of hydrogen-bond acceptors (Lipinski definition) is 3. The first kappa shape index (κ1) is 14.3. The van der Waals surface area contributed by atoms with Gasteiger partial charge in [0.2, 0.25) is 0 Å². The Kier molecular flexibility index (Phi) is 5.20. The molecule has 1 unspecified atom stereocenters. The van der Waals surface area contributed by atoms with Gasteiger partial charge >= 0.3 is 0 Å². The highest BCUT2D eigenvalue weighted by atomic mass is 15.2. The highest BCUT2D eigenvalue weighted by Crippen LogP contribution is 2.25. The Morgan fingerprint density at radius 3 is 2.89 bits per heavy atom. The molecule has 3 nitrogen and oxygen atoms in total. The van der Waals surface area contributed by atoms with E-state index >= 15 is 0 Å². The van der Waals surface area contributed by atoms with Crippen molar-refractivity contribution in [1.29, 1.82) is 0 Å². The molecule has 0 aliphatic carbocycles. The topological polar surface area (TPSA) is 28.2 Å². The van der Waals surface area contributed by atoms with Crippen LogP contribution in [-0.4, -0.2) is 24.6 Å². The quantitative estimate of drug-likeness (QED) is 0.797. The molecule has 1 saturated heterocycles. The predicted octanol–water partition coefficient (Wildman–Crippen LogP) is 3.13. The maximum atomic E-state index is 4.71. The minimum Gasteiger partial charge on any atom is -0.356 e. The second-order valence-electron chi connectivity index (χ2n) is 5.66. The van der Waals surface area contributed by atoms with E-state index < -0.39 is 0 Å². The van der Waals surface area contributed by atoms with E-state index in [0.717, 1.165) is 31.2 Å². The Hall–Kier alpha value is -1.09. The summed E-state index contributed by atoms with van der Waals surface area (Å²) in [4.78, 5) is 7.16. The van der Waals surface area contributed by atoms with Crippen LogP contribution >= 0.6 is 0 Å². The fraction of sp³-hybridized carbons (Fsp3) is 0.688. The lowest BCUT2D eigenvalue weighted by molar-refractivity contribution is 0.568. The number of aryl methyl sites for hydroxylation is 1. The van der Waals surface area contributed by atoms with Crippen molar-refractivity contribution in [2.45, 2.75) is 46.6 Å². The van der Waals surface area contributed by atoms with E-state index in [9.17, 15) is 0 Å². The molecule has 19 heavy (non-hydrogen) atoms. The highest BCUT2D eigenvalue weighted by Gasteiger charge is 2.22. The average molecular weight is 261 g/mol. The molecule has 1 fully saturated rings. The molecule has 1 aromatic rings. The van der Waals surface area contributed by atoms with Crippen LogP contribution in [0.3, 0.4) is 0 Å². The summed E-state index contributed by atoms with van der Waals surface area (Å²) in [5.41, 5.74) is 2.49. The maximum absolute atomic E-state index is 4.71. The first-order valence-electron chi connectivity index (χ1n) is 7.66. The maximum Gasteiger partial charge on any atom is 0.129 e. The smallest absolute Gasteiger partial charge is 0.129 e. The molecule has 0 amide bonds. The van der Waals surface area contributed by atoms with Gasteiger partial charge in [-0.1, -0.05) is 20.3 Å². The third-order valence-corrected chi connectivity index (χ3v) is 3.94. The van der Waals surface area contributed by atoms with E-state index in [1.54, 1.807) is 0 Å². The molecular formula is C16H27N3. The lowest BCUT2D eigenvalue weighted by atomic mass is 10.1. The van der Waals surface area contributed by atoms with Crippen LogP contribution in [0.25, 0.3) is 0 Å². The van der Waals surface area contributed by atoms with E-state index in [1.807, 2.05) is 0 Å². The number of nitrogens with zero attached hydrogens (tertiary/aromatic N) is 2. The van der Waals surface area contributed by atoms with Crippen molar-refractivity contribution in [1.82, 2.24) is 10.3 Å². The molecule has 1 aromatic heterocycles. The third kappa shape index (κ3) is 3.93. The second-order valence-corrected chi connectivity index (χ2v) is 5.66. The van der Waals surface area contributed by atoms with Crippen molar-refractivity contribution >= 4 is 5.82 Å². The summed E-state index contributed by atoms with van der Waals surface area (Å²) in [7, 11) is 0. The minimum atomic E-state index is 0.851. The summed E-state index contributed by atoms with van der Waals surface area (Å²) in [6, 6.07) is 4.45. The van der Waals surface area contributed by atoms with Crippen LogP contribution in [0.4, 0.5) is 5.82 Å².